The predicted octanol–water partition coefficient (Wildman–Crippen LogP) is 1.01. The molecule has 1 unspecified atom stereocenters. The van der Waals surface area contributed by atoms with Gasteiger partial charge in [-0.1, -0.05) is 35.5 Å². The molecule has 0 aromatic heterocycles. The van der Waals surface area contributed by atoms with E-state index in [9.17, 15) is 4.79 Å². The molecule has 6 nitrogen and oxygen atoms in total. The number of nitrogens with two attached hydrogens (primary N) is 1. The second-order valence-electron chi connectivity index (χ2n) is 4.01. The highest BCUT2D eigenvalue weighted by Gasteiger charge is 2.08. The lowest BCUT2D eigenvalue weighted by Crippen LogP contribution is -2.42. The Labute approximate surface area is 106 Å². The Bertz CT molecular complexity index is 406. The van der Waals surface area contributed by atoms with E-state index in [1.54, 1.807) is 6.92 Å². The molecule has 1 atom stereocenters. The van der Waals surface area contributed by atoms with E-state index in [0.29, 0.717) is 13.0 Å². The third kappa shape index (κ3) is 5.20. The molecule has 0 radical (unpaired) electrons. The number of amidine groups is 1. The normalized spacial score (nSPS) is 12.8. The first-order valence-electron chi connectivity index (χ1n) is 5.66. The summed E-state index contributed by atoms with van der Waals surface area (Å²) in [5.41, 5.74) is 6.37. The molecule has 1 aromatic rings. The van der Waals surface area contributed by atoms with Gasteiger partial charge in [0.25, 0.3) is 0 Å². The minimum atomic E-state index is -0.280. The van der Waals surface area contributed by atoms with Crippen LogP contribution in [0.15, 0.2) is 35.5 Å². The molecule has 6 heteroatoms. The van der Waals surface area contributed by atoms with Crippen molar-refractivity contribution in [3.8, 4) is 0 Å². The van der Waals surface area contributed by atoms with Crippen LogP contribution in [-0.2, 0) is 6.54 Å². The second kappa shape index (κ2) is 7.16. The van der Waals surface area contributed by atoms with Gasteiger partial charge in [-0.3, -0.25) is 0 Å². The number of hydrogen-bond donors (Lipinski definition) is 4. The lowest BCUT2D eigenvalue weighted by atomic mass is 10.2. The minimum Gasteiger partial charge on any atom is -0.409 e. The maximum absolute atomic E-state index is 11.5. The smallest absolute Gasteiger partial charge is 0.315 e. The van der Waals surface area contributed by atoms with Crippen molar-refractivity contribution in [1.82, 2.24) is 10.6 Å². The molecule has 0 spiro atoms. The maximum atomic E-state index is 11.5. The summed E-state index contributed by atoms with van der Waals surface area (Å²) in [6, 6.07) is 9.13. The van der Waals surface area contributed by atoms with Gasteiger partial charge in [0.05, 0.1) is 0 Å². The van der Waals surface area contributed by atoms with Crippen molar-refractivity contribution < 1.29 is 10.0 Å². The predicted molar refractivity (Wildman–Crippen MR) is 69.3 cm³/mol. The molecule has 0 saturated carbocycles. The van der Waals surface area contributed by atoms with Gasteiger partial charge in [0.15, 0.2) is 0 Å². The molecule has 0 saturated heterocycles. The standard InChI is InChI=1S/C12H18N4O2/c1-9(7-11(13)16-18)15-12(17)14-8-10-5-3-2-4-6-10/h2-6,9,18H,7-8H2,1H3,(H2,13,16)(H2,14,15,17). The summed E-state index contributed by atoms with van der Waals surface area (Å²) in [7, 11) is 0. The van der Waals surface area contributed by atoms with Crippen LogP contribution in [0.1, 0.15) is 18.9 Å². The number of nitrogens with one attached hydrogen (secondary N) is 2. The molecule has 98 valence electrons. The molecule has 1 rings (SSSR count). The Morgan fingerprint density at radius 2 is 2.11 bits per heavy atom. The lowest BCUT2D eigenvalue weighted by Gasteiger charge is -2.13. The quantitative estimate of drug-likeness (QED) is 0.271. The number of hydrogen-bond acceptors (Lipinski definition) is 3. The highest BCUT2D eigenvalue weighted by atomic mass is 16.4. The van der Waals surface area contributed by atoms with E-state index in [0.717, 1.165) is 5.56 Å². The number of nitrogens with zero attached hydrogens (tertiary/aromatic N) is 1. The van der Waals surface area contributed by atoms with E-state index in [1.807, 2.05) is 30.3 Å². The molecule has 2 amide bonds. The van der Waals surface area contributed by atoms with Gasteiger partial charge >= 0.3 is 6.03 Å². The molecular formula is C12H18N4O2. The second-order valence-corrected chi connectivity index (χ2v) is 4.01. The summed E-state index contributed by atoms with van der Waals surface area (Å²) in [4.78, 5) is 11.5. The van der Waals surface area contributed by atoms with E-state index in [1.165, 1.54) is 0 Å². The largest absolute Gasteiger partial charge is 0.409 e. The summed E-state index contributed by atoms with van der Waals surface area (Å²) >= 11 is 0. The summed E-state index contributed by atoms with van der Waals surface area (Å²) in [5.74, 6) is 0.0888. The highest BCUT2D eigenvalue weighted by Crippen LogP contribution is 1.97. The summed E-state index contributed by atoms with van der Waals surface area (Å²) in [6.45, 7) is 2.24. The maximum Gasteiger partial charge on any atom is 0.315 e. The Morgan fingerprint density at radius 3 is 2.72 bits per heavy atom. The lowest BCUT2D eigenvalue weighted by molar-refractivity contribution is 0.237. The van der Waals surface area contributed by atoms with E-state index < -0.39 is 0 Å². The van der Waals surface area contributed by atoms with Crippen LogP contribution in [0, 0.1) is 0 Å². The molecular weight excluding hydrogens is 232 g/mol. The Morgan fingerprint density at radius 1 is 1.44 bits per heavy atom. The minimum absolute atomic E-state index is 0.0888. The van der Waals surface area contributed by atoms with Crippen molar-refractivity contribution in [2.45, 2.75) is 25.9 Å². The molecule has 0 aliphatic heterocycles. The highest BCUT2D eigenvalue weighted by molar-refractivity contribution is 5.81. The Balaban J connectivity index is 2.29. The van der Waals surface area contributed by atoms with Crippen molar-refractivity contribution in [1.29, 1.82) is 0 Å². The van der Waals surface area contributed by atoms with E-state index in [-0.39, 0.29) is 17.9 Å². The Hall–Kier alpha value is -2.24. The third-order valence-corrected chi connectivity index (χ3v) is 2.32. The van der Waals surface area contributed by atoms with Crippen LogP contribution in [-0.4, -0.2) is 23.1 Å². The Kier molecular flexibility index (Phi) is 5.50. The van der Waals surface area contributed by atoms with Gasteiger partial charge in [0.1, 0.15) is 5.84 Å². The fourth-order valence-electron chi connectivity index (χ4n) is 1.46. The number of rotatable bonds is 5. The SMILES string of the molecule is CC(C/C(N)=N/O)NC(=O)NCc1ccccc1. The van der Waals surface area contributed by atoms with Crippen LogP contribution < -0.4 is 16.4 Å². The molecule has 0 fully saturated rings. The zero-order valence-corrected chi connectivity index (χ0v) is 10.3. The van der Waals surface area contributed by atoms with Crippen LogP contribution >= 0.6 is 0 Å². The average molecular weight is 250 g/mol. The van der Waals surface area contributed by atoms with Gasteiger partial charge < -0.3 is 21.6 Å². The zero-order chi connectivity index (χ0) is 13.4. The van der Waals surface area contributed by atoms with Crippen LogP contribution in [0.2, 0.25) is 0 Å². The van der Waals surface area contributed by atoms with Crippen LogP contribution in [0.5, 0.6) is 0 Å². The number of benzene rings is 1. The number of carbonyl (C=O) groups excluding carboxylic acids is 1. The monoisotopic (exact) mass is 250 g/mol. The number of oxime groups is 1. The van der Waals surface area contributed by atoms with Gasteiger partial charge in [0, 0.05) is 19.0 Å². The summed E-state index contributed by atoms with van der Waals surface area (Å²) in [5, 5.41) is 16.7. The topological polar surface area (TPSA) is 99.7 Å². The van der Waals surface area contributed by atoms with Crippen molar-refractivity contribution in [2.24, 2.45) is 10.9 Å². The first kappa shape index (κ1) is 13.8. The van der Waals surface area contributed by atoms with Gasteiger partial charge in [-0.05, 0) is 12.5 Å². The first-order valence-corrected chi connectivity index (χ1v) is 5.66. The van der Waals surface area contributed by atoms with Gasteiger partial charge in [-0.2, -0.15) is 0 Å². The van der Waals surface area contributed by atoms with Crippen molar-refractivity contribution in [3.05, 3.63) is 35.9 Å². The zero-order valence-electron chi connectivity index (χ0n) is 10.3. The van der Waals surface area contributed by atoms with Gasteiger partial charge in [-0.25, -0.2) is 4.79 Å². The van der Waals surface area contributed by atoms with Crippen molar-refractivity contribution >= 4 is 11.9 Å². The van der Waals surface area contributed by atoms with E-state index in [2.05, 4.69) is 15.8 Å². The van der Waals surface area contributed by atoms with Crippen molar-refractivity contribution in [2.75, 3.05) is 0 Å². The number of carbonyl (C=O) groups is 1. The molecule has 0 aliphatic rings. The first-order chi connectivity index (χ1) is 8.61. The van der Waals surface area contributed by atoms with Gasteiger partial charge in [0.2, 0.25) is 0 Å². The van der Waals surface area contributed by atoms with Crippen LogP contribution in [0.25, 0.3) is 0 Å². The summed E-state index contributed by atoms with van der Waals surface area (Å²) in [6.07, 6.45) is 0.301. The number of urea groups is 1. The third-order valence-electron chi connectivity index (χ3n) is 2.32. The average Bonchev–Trinajstić information content (AvgIpc) is 2.37. The van der Waals surface area contributed by atoms with Crippen molar-refractivity contribution in [3.63, 3.8) is 0 Å². The molecule has 5 N–H and O–H groups in total. The van der Waals surface area contributed by atoms with E-state index in [4.69, 9.17) is 10.9 Å². The van der Waals surface area contributed by atoms with Crippen LogP contribution in [0.3, 0.4) is 0 Å². The molecule has 0 aliphatic carbocycles. The van der Waals surface area contributed by atoms with Crippen LogP contribution in [0.4, 0.5) is 4.79 Å². The molecule has 0 bridgehead atoms. The fraction of sp³-hybridized carbons (Fsp3) is 0.333. The number of amides is 2. The fourth-order valence-corrected chi connectivity index (χ4v) is 1.46. The van der Waals surface area contributed by atoms with E-state index >= 15 is 0 Å². The molecule has 0 heterocycles. The summed E-state index contributed by atoms with van der Waals surface area (Å²) < 4.78 is 0. The molecule has 18 heavy (non-hydrogen) atoms. The van der Waals surface area contributed by atoms with Gasteiger partial charge in [-0.15, -0.1) is 0 Å². The molecule has 1 aromatic carbocycles.